The molecule has 0 amide bonds. The lowest BCUT2D eigenvalue weighted by atomic mass is 9.84. The fourth-order valence-electron chi connectivity index (χ4n) is 8.24. The first-order valence-corrected chi connectivity index (χ1v) is 16.7. The molecule has 3 nitrogen and oxygen atoms in total. The Bertz CT molecular complexity index is 3050. The molecule has 0 radical (unpaired) electrons. The van der Waals surface area contributed by atoms with Crippen LogP contribution in [0.25, 0.3) is 104 Å². The van der Waals surface area contributed by atoms with Gasteiger partial charge in [0.2, 0.25) is 0 Å². The third-order valence-corrected chi connectivity index (χ3v) is 10.3. The number of hydrogen-bond acceptors (Lipinski definition) is 2. The van der Waals surface area contributed by atoms with E-state index in [2.05, 4.69) is 150 Å². The summed E-state index contributed by atoms with van der Waals surface area (Å²) in [6, 6.07) is 56.6. The van der Waals surface area contributed by atoms with Crippen molar-refractivity contribution in [1.29, 1.82) is 0 Å². The maximum absolute atomic E-state index is 6.55. The monoisotopic (exact) mass is 625 g/mol. The summed E-state index contributed by atoms with van der Waals surface area (Å²) in [7, 11) is 0. The topological polar surface area (TPSA) is 31.2 Å². The molecule has 11 rings (SSSR count). The molecular formula is C46H27NO2. The van der Waals surface area contributed by atoms with E-state index in [4.69, 9.17) is 8.83 Å². The van der Waals surface area contributed by atoms with E-state index in [-0.39, 0.29) is 0 Å². The average molecular weight is 626 g/mol. The van der Waals surface area contributed by atoms with Crippen LogP contribution in [0.15, 0.2) is 173 Å². The zero-order chi connectivity index (χ0) is 32.1. The second-order valence-corrected chi connectivity index (χ2v) is 12.8. The van der Waals surface area contributed by atoms with Crippen LogP contribution < -0.4 is 0 Å². The molecule has 0 saturated carbocycles. The van der Waals surface area contributed by atoms with Gasteiger partial charge in [0.05, 0.1) is 22.7 Å². The minimum absolute atomic E-state index is 0.819. The maximum atomic E-state index is 6.55. The first kappa shape index (κ1) is 26.5. The first-order chi connectivity index (χ1) is 24.3. The molecule has 3 heterocycles. The third-order valence-electron chi connectivity index (χ3n) is 10.3. The van der Waals surface area contributed by atoms with Gasteiger partial charge in [0.25, 0.3) is 0 Å². The van der Waals surface area contributed by atoms with Crippen molar-refractivity contribution in [3.05, 3.63) is 164 Å². The Hall–Kier alpha value is -6.58. The molecule has 0 aliphatic carbocycles. The smallest absolute Gasteiger partial charge is 0.147 e. The van der Waals surface area contributed by atoms with Gasteiger partial charge in [-0.15, -0.1) is 0 Å². The van der Waals surface area contributed by atoms with Crippen LogP contribution in [0.1, 0.15) is 0 Å². The summed E-state index contributed by atoms with van der Waals surface area (Å²) >= 11 is 0. The Labute approximate surface area is 280 Å². The Morgan fingerprint density at radius 3 is 1.78 bits per heavy atom. The number of para-hydroxylation sites is 3. The van der Waals surface area contributed by atoms with Gasteiger partial charge in [-0.2, -0.15) is 0 Å². The predicted octanol–water partition coefficient (Wildman–Crippen LogP) is 13.1. The fourth-order valence-corrected chi connectivity index (χ4v) is 8.24. The summed E-state index contributed by atoms with van der Waals surface area (Å²) in [6.07, 6.45) is 1.76. The van der Waals surface area contributed by atoms with Gasteiger partial charge < -0.3 is 13.4 Å². The molecule has 3 aromatic heterocycles. The molecule has 49 heavy (non-hydrogen) atoms. The normalized spacial score (nSPS) is 12.1. The average Bonchev–Trinajstić information content (AvgIpc) is 3.88. The van der Waals surface area contributed by atoms with Gasteiger partial charge >= 0.3 is 0 Å². The molecule has 0 aliphatic rings. The number of hydrogen-bond donors (Lipinski definition) is 0. The highest BCUT2D eigenvalue weighted by Gasteiger charge is 2.23. The van der Waals surface area contributed by atoms with E-state index in [1.54, 1.807) is 6.26 Å². The summed E-state index contributed by atoms with van der Waals surface area (Å²) in [5.74, 6) is 0. The molecule has 8 aromatic carbocycles. The summed E-state index contributed by atoms with van der Waals surface area (Å²) in [5.41, 5.74) is 10.9. The molecule has 3 heteroatoms. The highest BCUT2D eigenvalue weighted by atomic mass is 16.3. The minimum Gasteiger partial charge on any atom is -0.464 e. The number of nitrogens with zero attached hydrogens (tertiary/aromatic N) is 1. The van der Waals surface area contributed by atoms with Gasteiger partial charge in [-0.3, -0.25) is 0 Å². The number of furan rings is 2. The van der Waals surface area contributed by atoms with Gasteiger partial charge in [-0.05, 0) is 92.3 Å². The van der Waals surface area contributed by atoms with E-state index in [0.29, 0.717) is 0 Å². The van der Waals surface area contributed by atoms with Crippen LogP contribution >= 0.6 is 0 Å². The SMILES string of the molecule is c1ccc(-n2c3ccccc3c3cc(-c4c5ccccc5c(-c5cc6occc6c6oc7ccccc7c56)c5ccccc45)ccc32)cc1. The predicted molar refractivity (Wildman–Crippen MR) is 204 cm³/mol. The lowest BCUT2D eigenvalue weighted by Gasteiger charge is -2.18. The molecule has 0 bridgehead atoms. The van der Waals surface area contributed by atoms with E-state index in [1.165, 1.54) is 60.0 Å². The van der Waals surface area contributed by atoms with Crippen LogP contribution in [0, 0.1) is 0 Å². The van der Waals surface area contributed by atoms with Gasteiger partial charge in [-0.25, -0.2) is 0 Å². The van der Waals surface area contributed by atoms with Crippen molar-refractivity contribution in [1.82, 2.24) is 4.57 Å². The van der Waals surface area contributed by atoms with Crippen molar-refractivity contribution >= 4 is 76.3 Å². The van der Waals surface area contributed by atoms with E-state index in [0.717, 1.165) is 44.2 Å². The van der Waals surface area contributed by atoms with Crippen LogP contribution in [-0.2, 0) is 0 Å². The van der Waals surface area contributed by atoms with Gasteiger partial charge in [0.15, 0.2) is 0 Å². The highest BCUT2D eigenvalue weighted by Crippen LogP contribution is 2.49. The minimum atomic E-state index is 0.819. The summed E-state index contributed by atoms with van der Waals surface area (Å²) < 4.78 is 15.0. The molecular weight excluding hydrogens is 599 g/mol. The Morgan fingerprint density at radius 1 is 0.408 bits per heavy atom. The van der Waals surface area contributed by atoms with E-state index in [1.807, 2.05) is 12.1 Å². The maximum Gasteiger partial charge on any atom is 0.147 e. The van der Waals surface area contributed by atoms with Gasteiger partial charge in [0.1, 0.15) is 16.7 Å². The lowest BCUT2D eigenvalue weighted by molar-refractivity contribution is 0.615. The lowest BCUT2D eigenvalue weighted by Crippen LogP contribution is -1.93. The summed E-state index contributed by atoms with van der Waals surface area (Å²) in [6.45, 7) is 0. The molecule has 0 fully saturated rings. The van der Waals surface area contributed by atoms with Crippen molar-refractivity contribution in [2.75, 3.05) is 0 Å². The second-order valence-electron chi connectivity index (χ2n) is 12.8. The standard InChI is InChI=1S/C46H27NO2/c1-2-12-29(13-3-1)47-39-20-10-8-14-30(39)37-26-28(22-23-40(37)47)43-31-15-4-6-17-33(31)44(34-18-7-5-16-32(34)43)38-27-42-36(24-25-48-42)46-45(38)35-19-9-11-21-41(35)49-46/h1-27H. The van der Waals surface area contributed by atoms with Crippen LogP contribution in [0.4, 0.5) is 0 Å². The molecule has 11 aromatic rings. The molecule has 0 spiro atoms. The van der Waals surface area contributed by atoms with Crippen LogP contribution in [0.5, 0.6) is 0 Å². The van der Waals surface area contributed by atoms with Crippen molar-refractivity contribution in [3.63, 3.8) is 0 Å². The fraction of sp³-hybridized carbons (Fsp3) is 0. The number of rotatable bonds is 3. The number of aromatic nitrogens is 1. The molecule has 228 valence electrons. The quantitative estimate of drug-likeness (QED) is 0.183. The Morgan fingerprint density at radius 2 is 1.02 bits per heavy atom. The van der Waals surface area contributed by atoms with Crippen molar-refractivity contribution in [2.24, 2.45) is 0 Å². The van der Waals surface area contributed by atoms with Crippen molar-refractivity contribution in [3.8, 4) is 27.9 Å². The van der Waals surface area contributed by atoms with E-state index in [9.17, 15) is 0 Å². The Balaban J connectivity index is 1.26. The van der Waals surface area contributed by atoms with E-state index < -0.39 is 0 Å². The van der Waals surface area contributed by atoms with Crippen LogP contribution in [-0.4, -0.2) is 4.57 Å². The molecule has 0 atom stereocenters. The first-order valence-electron chi connectivity index (χ1n) is 16.7. The molecule has 0 aliphatic heterocycles. The Kier molecular flexibility index (Phi) is 5.38. The molecule has 0 saturated heterocycles. The third kappa shape index (κ3) is 3.67. The van der Waals surface area contributed by atoms with Crippen LogP contribution in [0.3, 0.4) is 0 Å². The second kappa shape index (κ2) is 9.96. The van der Waals surface area contributed by atoms with Crippen LogP contribution in [0.2, 0.25) is 0 Å². The highest BCUT2D eigenvalue weighted by molar-refractivity contribution is 6.28. The summed E-state index contributed by atoms with van der Waals surface area (Å²) in [4.78, 5) is 0. The number of fused-ring (bicyclic) bond motifs is 10. The number of benzene rings is 8. The zero-order valence-electron chi connectivity index (χ0n) is 26.4. The van der Waals surface area contributed by atoms with Crippen molar-refractivity contribution < 1.29 is 8.83 Å². The molecule has 0 unspecified atom stereocenters. The van der Waals surface area contributed by atoms with Gasteiger partial charge in [0, 0.05) is 27.2 Å². The van der Waals surface area contributed by atoms with Crippen molar-refractivity contribution in [2.45, 2.75) is 0 Å². The van der Waals surface area contributed by atoms with Gasteiger partial charge in [-0.1, -0.05) is 109 Å². The summed E-state index contributed by atoms with van der Waals surface area (Å²) in [5, 5.41) is 10.5. The zero-order valence-corrected chi connectivity index (χ0v) is 26.4. The largest absolute Gasteiger partial charge is 0.464 e. The molecule has 0 N–H and O–H groups in total. The van der Waals surface area contributed by atoms with E-state index >= 15 is 0 Å².